The number of phenolic OH excluding ortho intramolecular Hbond substituents is 1. The predicted octanol–water partition coefficient (Wildman–Crippen LogP) is 6.56. The van der Waals surface area contributed by atoms with Gasteiger partial charge in [-0.3, -0.25) is 4.72 Å². The number of anilines is 1. The van der Waals surface area contributed by atoms with Crippen molar-refractivity contribution in [2.75, 3.05) is 4.72 Å². The monoisotopic (exact) mass is 476 g/mol. The molecule has 0 saturated carbocycles. The second-order valence-electron chi connectivity index (χ2n) is 7.96. The molecule has 2 N–H and O–H groups in total. The zero-order valence-corrected chi connectivity index (χ0v) is 19.6. The quantitative estimate of drug-likeness (QED) is 0.288. The molecule has 5 nitrogen and oxygen atoms in total. The number of aromatic hydroxyl groups is 1. The van der Waals surface area contributed by atoms with E-state index in [-0.39, 0.29) is 10.6 Å². The maximum Gasteiger partial charge on any atom is 0.261 e. The Labute approximate surface area is 196 Å². The van der Waals surface area contributed by atoms with Gasteiger partial charge in [0.25, 0.3) is 10.0 Å². The molecule has 0 atom stereocenters. The topological polar surface area (TPSA) is 71.3 Å². The first-order valence-electron chi connectivity index (χ1n) is 10.4. The van der Waals surface area contributed by atoms with Crippen LogP contribution in [0.4, 0.5) is 5.69 Å². The zero-order valence-electron chi connectivity index (χ0n) is 18.0. The van der Waals surface area contributed by atoms with E-state index in [1.807, 2.05) is 54.8 Å². The summed E-state index contributed by atoms with van der Waals surface area (Å²) in [5, 5.41) is 13.9. The zero-order chi connectivity index (χ0) is 23.3. The van der Waals surface area contributed by atoms with Crippen LogP contribution in [0.25, 0.3) is 27.4 Å². The van der Waals surface area contributed by atoms with Gasteiger partial charge in [0.2, 0.25) is 0 Å². The van der Waals surface area contributed by atoms with Crippen molar-refractivity contribution in [3.8, 4) is 11.4 Å². The number of sulfonamides is 1. The number of nitrogens with zero attached hydrogens (tertiary/aromatic N) is 1. The van der Waals surface area contributed by atoms with Crippen molar-refractivity contribution in [2.24, 2.45) is 0 Å². The summed E-state index contributed by atoms with van der Waals surface area (Å²) < 4.78 is 31.0. The van der Waals surface area contributed by atoms with Crippen LogP contribution in [0.3, 0.4) is 0 Å². The summed E-state index contributed by atoms with van der Waals surface area (Å²) in [7, 11) is -3.88. The molecule has 5 aromatic rings. The van der Waals surface area contributed by atoms with Crippen LogP contribution in [0.2, 0.25) is 5.02 Å². The third-order valence-corrected chi connectivity index (χ3v) is 7.67. The Morgan fingerprint density at radius 1 is 0.848 bits per heavy atom. The van der Waals surface area contributed by atoms with Gasteiger partial charge >= 0.3 is 0 Å². The Balaban J connectivity index is 1.76. The minimum atomic E-state index is -3.88. The number of aromatic nitrogens is 1. The van der Waals surface area contributed by atoms with E-state index >= 15 is 0 Å². The number of halogens is 1. The summed E-state index contributed by atoms with van der Waals surface area (Å²) in [5.74, 6) is 0.0869. The van der Waals surface area contributed by atoms with Gasteiger partial charge in [-0.15, -0.1) is 0 Å². The smallest absolute Gasteiger partial charge is 0.261 e. The minimum absolute atomic E-state index is 0.0869. The fraction of sp³-hybridized carbons (Fsp3) is 0.0769. The highest BCUT2D eigenvalue weighted by molar-refractivity contribution is 7.92. The molecule has 1 aromatic heterocycles. The molecule has 0 fully saturated rings. The molecule has 7 heteroatoms. The summed E-state index contributed by atoms with van der Waals surface area (Å²) in [6.45, 7) is 4.03. The summed E-state index contributed by atoms with van der Waals surface area (Å²) in [4.78, 5) is 0.101. The lowest BCUT2D eigenvalue weighted by Gasteiger charge is -2.17. The van der Waals surface area contributed by atoms with Gasteiger partial charge in [0.05, 0.1) is 21.8 Å². The molecule has 5 rings (SSSR count). The lowest BCUT2D eigenvalue weighted by atomic mass is 10.1. The standard InChI is InChI=1S/C26H21ClN2O3S/c1-16-17(2)29(24-10-6-5-7-20(16)24)25-15-23(21-8-3-4-9-22(21)26(25)30)28-33(31,32)19-13-11-18(27)12-14-19/h3-15,28,30H,1-2H3. The highest BCUT2D eigenvalue weighted by Crippen LogP contribution is 2.40. The summed E-state index contributed by atoms with van der Waals surface area (Å²) >= 11 is 5.92. The number of hydrogen-bond acceptors (Lipinski definition) is 3. The molecule has 4 aromatic carbocycles. The maximum absolute atomic E-state index is 13.1. The van der Waals surface area contributed by atoms with E-state index in [4.69, 9.17) is 11.6 Å². The van der Waals surface area contributed by atoms with Crippen molar-refractivity contribution in [2.45, 2.75) is 18.7 Å². The van der Waals surface area contributed by atoms with Gasteiger partial charge in [0.15, 0.2) is 0 Å². The van der Waals surface area contributed by atoms with Crippen LogP contribution >= 0.6 is 11.6 Å². The number of benzene rings is 4. The van der Waals surface area contributed by atoms with Gasteiger partial charge in [-0.1, -0.05) is 54.1 Å². The fourth-order valence-corrected chi connectivity index (χ4v) is 5.45. The normalized spacial score (nSPS) is 11.8. The van der Waals surface area contributed by atoms with Crippen LogP contribution in [0.15, 0.2) is 83.8 Å². The third-order valence-electron chi connectivity index (χ3n) is 6.03. The molecule has 1 heterocycles. The number of fused-ring (bicyclic) bond motifs is 2. The maximum atomic E-state index is 13.1. The Kier molecular flexibility index (Phi) is 5.07. The Morgan fingerprint density at radius 3 is 2.15 bits per heavy atom. The molecular formula is C26H21ClN2O3S. The first kappa shape index (κ1) is 21.4. The van der Waals surface area contributed by atoms with Crippen molar-refractivity contribution in [3.05, 3.63) is 95.1 Å². The SMILES string of the molecule is Cc1c(C)n(-c2cc(NS(=O)(=O)c3ccc(Cl)cc3)c3ccccc3c2O)c2ccccc12. The van der Waals surface area contributed by atoms with E-state index in [1.54, 1.807) is 18.2 Å². The third kappa shape index (κ3) is 3.52. The summed E-state index contributed by atoms with van der Waals surface area (Å²) in [6.07, 6.45) is 0. The highest BCUT2D eigenvalue weighted by atomic mass is 35.5. The molecule has 0 aliphatic carbocycles. The average molecular weight is 477 g/mol. The second kappa shape index (κ2) is 7.83. The fourth-order valence-electron chi connectivity index (χ4n) is 4.26. The second-order valence-corrected chi connectivity index (χ2v) is 10.1. The van der Waals surface area contributed by atoms with Crippen LogP contribution < -0.4 is 4.72 Å². The van der Waals surface area contributed by atoms with Crippen molar-refractivity contribution in [1.29, 1.82) is 0 Å². The highest BCUT2D eigenvalue weighted by Gasteiger charge is 2.21. The Hall–Kier alpha value is -3.48. The molecule has 0 amide bonds. The van der Waals surface area contributed by atoms with E-state index in [9.17, 15) is 13.5 Å². The van der Waals surface area contributed by atoms with Gasteiger partial charge in [0.1, 0.15) is 5.75 Å². The molecule has 0 aliphatic rings. The number of nitrogens with one attached hydrogen (secondary N) is 1. The van der Waals surface area contributed by atoms with Crippen molar-refractivity contribution >= 4 is 49.0 Å². The van der Waals surface area contributed by atoms with Crippen LogP contribution in [-0.2, 0) is 10.0 Å². The molecule has 0 unspecified atom stereocenters. The Bertz CT molecular complexity index is 1640. The van der Waals surface area contributed by atoms with Crippen LogP contribution in [0, 0.1) is 13.8 Å². The lowest BCUT2D eigenvalue weighted by molar-refractivity contribution is 0.479. The van der Waals surface area contributed by atoms with E-state index in [0.717, 1.165) is 22.2 Å². The van der Waals surface area contributed by atoms with Gasteiger partial charge in [0, 0.05) is 26.9 Å². The number of para-hydroxylation sites is 1. The van der Waals surface area contributed by atoms with Gasteiger partial charge < -0.3 is 9.67 Å². The van der Waals surface area contributed by atoms with E-state index < -0.39 is 10.0 Å². The number of aryl methyl sites for hydroxylation is 1. The average Bonchev–Trinajstić information content (AvgIpc) is 3.06. The molecule has 0 radical (unpaired) electrons. The van der Waals surface area contributed by atoms with E-state index in [0.29, 0.717) is 27.2 Å². The van der Waals surface area contributed by atoms with Gasteiger partial charge in [-0.05, 0) is 55.8 Å². The number of rotatable bonds is 4. The predicted molar refractivity (Wildman–Crippen MR) is 134 cm³/mol. The largest absolute Gasteiger partial charge is 0.505 e. The van der Waals surface area contributed by atoms with Crippen molar-refractivity contribution in [3.63, 3.8) is 0 Å². The lowest BCUT2D eigenvalue weighted by Crippen LogP contribution is -2.13. The summed E-state index contributed by atoms with van der Waals surface area (Å²) in [6, 6.07) is 22.8. The molecule has 0 aliphatic heterocycles. The molecule has 0 bridgehead atoms. The molecule has 0 spiro atoms. The van der Waals surface area contributed by atoms with Gasteiger partial charge in [-0.2, -0.15) is 0 Å². The number of phenols is 1. The first-order valence-corrected chi connectivity index (χ1v) is 12.2. The van der Waals surface area contributed by atoms with Crippen LogP contribution in [0.1, 0.15) is 11.3 Å². The van der Waals surface area contributed by atoms with Crippen molar-refractivity contribution < 1.29 is 13.5 Å². The van der Waals surface area contributed by atoms with Gasteiger partial charge in [-0.25, -0.2) is 8.42 Å². The minimum Gasteiger partial charge on any atom is -0.505 e. The molecule has 33 heavy (non-hydrogen) atoms. The molecular weight excluding hydrogens is 456 g/mol. The Morgan fingerprint density at radius 2 is 1.45 bits per heavy atom. The van der Waals surface area contributed by atoms with E-state index in [2.05, 4.69) is 4.72 Å². The van der Waals surface area contributed by atoms with Crippen LogP contribution in [0.5, 0.6) is 5.75 Å². The first-order chi connectivity index (χ1) is 15.8. The summed E-state index contributed by atoms with van der Waals surface area (Å²) in [5.41, 5.74) is 3.88. The van der Waals surface area contributed by atoms with Crippen LogP contribution in [-0.4, -0.2) is 18.1 Å². The van der Waals surface area contributed by atoms with Crippen molar-refractivity contribution in [1.82, 2.24) is 4.57 Å². The number of hydrogen-bond donors (Lipinski definition) is 2. The molecule has 166 valence electrons. The van der Waals surface area contributed by atoms with E-state index in [1.165, 1.54) is 24.3 Å². The molecule has 0 saturated heterocycles.